The van der Waals surface area contributed by atoms with Crippen molar-refractivity contribution in [1.82, 2.24) is 5.48 Å². The van der Waals surface area contributed by atoms with Crippen molar-refractivity contribution in [1.29, 1.82) is 0 Å². The van der Waals surface area contributed by atoms with E-state index in [1.807, 2.05) is 0 Å². The SMILES string of the molecule is NC(=O)CONC/C=C/CCl. The van der Waals surface area contributed by atoms with E-state index in [2.05, 4.69) is 10.3 Å². The van der Waals surface area contributed by atoms with Crippen molar-refractivity contribution < 1.29 is 9.63 Å². The van der Waals surface area contributed by atoms with Crippen LogP contribution in [0.2, 0.25) is 0 Å². The van der Waals surface area contributed by atoms with Gasteiger partial charge in [-0.05, 0) is 0 Å². The minimum Gasteiger partial charge on any atom is -0.368 e. The van der Waals surface area contributed by atoms with E-state index in [0.717, 1.165) is 0 Å². The van der Waals surface area contributed by atoms with Gasteiger partial charge in [0.05, 0.1) is 0 Å². The van der Waals surface area contributed by atoms with Gasteiger partial charge in [0.15, 0.2) is 0 Å². The van der Waals surface area contributed by atoms with E-state index in [0.29, 0.717) is 12.4 Å². The van der Waals surface area contributed by atoms with Gasteiger partial charge in [-0.25, -0.2) is 0 Å². The lowest BCUT2D eigenvalue weighted by Gasteiger charge is -1.98. The van der Waals surface area contributed by atoms with E-state index in [1.165, 1.54) is 0 Å². The maximum Gasteiger partial charge on any atom is 0.245 e. The Morgan fingerprint density at radius 1 is 1.64 bits per heavy atom. The third-order valence-electron chi connectivity index (χ3n) is 0.773. The van der Waals surface area contributed by atoms with Crippen LogP contribution in [-0.4, -0.2) is 24.9 Å². The Balaban J connectivity index is 3.02. The molecule has 0 rings (SSSR count). The van der Waals surface area contributed by atoms with Gasteiger partial charge < -0.3 is 5.73 Å². The van der Waals surface area contributed by atoms with Crippen molar-refractivity contribution in [3.05, 3.63) is 12.2 Å². The van der Waals surface area contributed by atoms with Gasteiger partial charge in [-0.15, -0.1) is 11.6 Å². The van der Waals surface area contributed by atoms with Crippen LogP contribution >= 0.6 is 11.6 Å². The normalized spacial score (nSPS) is 10.6. The Bertz CT molecular complexity index is 139. The van der Waals surface area contributed by atoms with E-state index in [-0.39, 0.29) is 6.61 Å². The number of primary amides is 1. The van der Waals surface area contributed by atoms with E-state index in [1.54, 1.807) is 12.2 Å². The van der Waals surface area contributed by atoms with E-state index >= 15 is 0 Å². The number of hydrogen-bond acceptors (Lipinski definition) is 3. The standard InChI is InChI=1S/C6H11ClN2O2/c7-3-1-2-4-9-11-5-6(8)10/h1-2,9H,3-5H2,(H2,8,10)/b2-1+. The first-order valence-corrected chi connectivity index (χ1v) is 3.64. The summed E-state index contributed by atoms with van der Waals surface area (Å²) in [7, 11) is 0. The number of alkyl halides is 1. The lowest BCUT2D eigenvalue weighted by Crippen LogP contribution is -2.24. The number of nitrogens with two attached hydrogens (primary N) is 1. The zero-order valence-corrected chi connectivity index (χ0v) is 6.80. The summed E-state index contributed by atoms with van der Waals surface area (Å²) >= 11 is 5.34. The predicted octanol–water partition coefficient (Wildman–Crippen LogP) is -0.212. The summed E-state index contributed by atoms with van der Waals surface area (Å²) < 4.78 is 0. The van der Waals surface area contributed by atoms with Gasteiger partial charge in [0.1, 0.15) is 6.61 Å². The maximum absolute atomic E-state index is 10.1. The second kappa shape index (κ2) is 7.53. The summed E-state index contributed by atoms with van der Waals surface area (Å²) in [5, 5.41) is 0. The first kappa shape index (κ1) is 10.4. The summed E-state index contributed by atoms with van der Waals surface area (Å²) in [6.45, 7) is 0.398. The van der Waals surface area contributed by atoms with Crippen LogP contribution in [0.3, 0.4) is 0 Å². The Kier molecular flexibility index (Phi) is 7.13. The van der Waals surface area contributed by atoms with Crippen molar-refractivity contribution in [3.63, 3.8) is 0 Å². The van der Waals surface area contributed by atoms with Crippen LogP contribution in [0.25, 0.3) is 0 Å². The Morgan fingerprint density at radius 2 is 2.36 bits per heavy atom. The highest BCUT2D eigenvalue weighted by molar-refractivity contribution is 6.18. The first-order chi connectivity index (χ1) is 5.27. The third kappa shape index (κ3) is 9.42. The largest absolute Gasteiger partial charge is 0.368 e. The van der Waals surface area contributed by atoms with Gasteiger partial charge >= 0.3 is 0 Å². The summed E-state index contributed by atoms with van der Waals surface area (Å²) in [6.07, 6.45) is 3.55. The van der Waals surface area contributed by atoms with Crippen molar-refractivity contribution in [2.45, 2.75) is 0 Å². The molecule has 0 saturated heterocycles. The van der Waals surface area contributed by atoms with Crippen molar-refractivity contribution in [3.8, 4) is 0 Å². The van der Waals surface area contributed by atoms with E-state index in [9.17, 15) is 4.79 Å². The molecule has 0 saturated carbocycles. The predicted molar refractivity (Wildman–Crippen MR) is 43.0 cm³/mol. The van der Waals surface area contributed by atoms with Crippen LogP contribution in [0.15, 0.2) is 12.2 Å². The van der Waals surface area contributed by atoms with Crippen LogP contribution < -0.4 is 11.2 Å². The molecule has 0 aliphatic rings. The molecule has 0 bridgehead atoms. The number of hydroxylamine groups is 1. The average Bonchev–Trinajstić information content (AvgIpc) is 1.96. The molecule has 0 heterocycles. The Hall–Kier alpha value is -0.580. The number of carbonyl (C=O) groups excluding carboxylic acids is 1. The number of amides is 1. The zero-order chi connectivity index (χ0) is 8.53. The van der Waals surface area contributed by atoms with Crippen LogP contribution in [0.1, 0.15) is 0 Å². The highest BCUT2D eigenvalue weighted by Crippen LogP contribution is 1.76. The first-order valence-electron chi connectivity index (χ1n) is 3.11. The van der Waals surface area contributed by atoms with Crippen LogP contribution in [0, 0.1) is 0 Å². The van der Waals surface area contributed by atoms with Gasteiger partial charge in [-0.1, -0.05) is 12.2 Å². The summed E-state index contributed by atoms with van der Waals surface area (Å²) in [4.78, 5) is 14.7. The van der Waals surface area contributed by atoms with Gasteiger partial charge in [0, 0.05) is 12.4 Å². The molecule has 0 radical (unpaired) electrons. The molecule has 11 heavy (non-hydrogen) atoms. The molecule has 0 aromatic heterocycles. The van der Waals surface area contributed by atoms with Crippen molar-refractivity contribution >= 4 is 17.5 Å². The zero-order valence-electron chi connectivity index (χ0n) is 6.05. The Morgan fingerprint density at radius 3 is 2.91 bits per heavy atom. The molecule has 0 aromatic rings. The quantitative estimate of drug-likeness (QED) is 0.256. The third-order valence-corrected chi connectivity index (χ3v) is 0.952. The van der Waals surface area contributed by atoms with Crippen LogP contribution in [0.5, 0.6) is 0 Å². The highest BCUT2D eigenvalue weighted by atomic mass is 35.5. The van der Waals surface area contributed by atoms with Crippen molar-refractivity contribution in [2.24, 2.45) is 5.73 Å². The topological polar surface area (TPSA) is 64.4 Å². The molecule has 1 amide bonds. The van der Waals surface area contributed by atoms with Crippen molar-refractivity contribution in [2.75, 3.05) is 19.0 Å². The van der Waals surface area contributed by atoms with Gasteiger partial charge in [-0.3, -0.25) is 9.63 Å². The molecule has 64 valence electrons. The molecule has 0 fully saturated rings. The van der Waals surface area contributed by atoms with E-state index in [4.69, 9.17) is 17.3 Å². The molecule has 0 aliphatic carbocycles. The van der Waals surface area contributed by atoms with Gasteiger partial charge in [0.25, 0.3) is 0 Å². The van der Waals surface area contributed by atoms with Crippen LogP contribution in [0.4, 0.5) is 0 Å². The highest BCUT2D eigenvalue weighted by Gasteiger charge is 1.90. The minimum absolute atomic E-state index is 0.116. The maximum atomic E-state index is 10.1. The second-order valence-corrected chi connectivity index (χ2v) is 2.04. The lowest BCUT2D eigenvalue weighted by molar-refractivity contribution is -0.124. The average molecular weight is 179 g/mol. The molecule has 0 atom stereocenters. The number of carbonyl (C=O) groups is 1. The molecule has 4 nitrogen and oxygen atoms in total. The number of halogens is 1. The minimum atomic E-state index is -0.501. The fraction of sp³-hybridized carbons (Fsp3) is 0.500. The molecule has 0 spiro atoms. The van der Waals surface area contributed by atoms with Gasteiger partial charge in [-0.2, -0.15) is 5.48 Å². The molecular formula is C6H11ClN2O2. The molecule has 3 N–H and O–H groups in total. The molecule has 0 aliphatic heterocycles. The molecule has 0 unspecified atom stereocenters. The molecule has 5 heteroatoms. The monoisotopic (exact) mass is 178 g/mol. The number of rotatable bonds is 6. The molecular weight excluding hydrogens is 168 g/mol. The lowest BCUT2D eigenvalue weighted by atomic mass is 10.5. The van der Waals surface area contributed by atoms with Gasteiger partial charge in [0.2, 0.25) is 5.91 Å². The number of nitrogens with one attached hydrogen (secondary N) is 1. The van der Waals surface area contributed by atoms with E-state index < -0.39 is 5.91 Å². The number of allylic oxidation sites excluding steroid dienone is 1. The fourth-order valence-electron chi connectivity index (χ4n) is 0.376. The second-order valence-electron chi connectivity index (χ2n) is 1.73. The Labute approximate surface area is 70.3 Å². The summed E-state index contributed by atoms with van der Waals surface area (Å²) in [5.41, 5.74) is 7.30. The smallest absolute Gasteiger partial charge is 0.245 e. The summed E-state index contributed by atoms with van der Waals surface area (Å²) in [6, 6.07) is 0. The number of hydrogen-bond donors (Lipinski definition) is 2. The van der Waals surface area contributed by atoms with Crippen LogP contribution in [-0.2, 0) is 9.63 Å². The summed E-state index contributed by atoms with van der Waals surface area (Å²) in [5.74, 6) is -0.0313. The fourth-order valence-corrected chi connectivity index (χ4v) is 0.502. The molecule has 0 aromatic carbocycles.